The summed E-state index contributed by atoms with van der Waals surface area (Å²) in [5, 5.41) is 5.99. The van der Waals surface area contributed by atoms with Crippen LogP contribution in [-0.4, -0.2) is 9.97 Å². The number of nitrogen functional groups attached to an aromatic ring is 1. The third kappa shape index (κ3) is 4.02. The normalized spacial score (nSPS) is 11.2. The Kier molecular flexibility index (Phi) is 4.66. The molecule has 0 aliphatic rings. The molecule has 0 saturated heterocycles. The van der Waals surface area contributed by atoms with E-state index in [1.165, 1.54) is 18.5 Å². The van der Waals surface area contributed by atoms with Crippen molar-refractivity contribution in [3.05, 3.63) is 66.0 Å². The number of halogens is 3. The van der Waals surface area contributed by atoms with Gasteiger partial charge in [-0.2, -0.15) is 13.2 Å². The molecule has 0 aliphatic carbocycles. The van der Waals surface area contributed by atoms with E-state index in [0.29, 0.717) is 17.3 Å². The molecule has 8 heteroatoms. The number of alkyl halides is 3. The van der Waals surface area contributed by atoms with Gasteiger partial charge in [-0.15, -0.1) is 0 Å². The highest BCUT2D eigenvalue weighted by Gasteiger charge is 2.29. The molecule has 2 aromatic carbocycles. The highest BCUT2D eigenvalue weighted by Crippen LogP contribution is 2.32. The van der Waals surface area contributed by atoms with Crippen molar-refractivity contribution in [1.82, 2.24) is 9.97 Å². The molecule has 0 unspecified atom stereocenters. The highest BCUT2D eigenvalue weighted by atomic mass is 19.4. The molecule has 0 atom stereocenters. The second kappa shape index (κ2) is 6.91. The Morgan fingerprint density at radius 3 is 1.73 bits per heavy atom. The summed E-state index contributed by atoms with van der Waals surface area (Å²) in [6.07, 6.45) is -3.06. The molecule has 3 rings (SSSR count). The Hall–Kier alpha value is -3.29. The van der Waals surface area contributed by atoms with Gasteiger partial charge in [0.15, 0.2) is 11.6 Å². The van der Waals surface area contributed by atoms with Crippen LogP contribution in [0.15, 0.2) is 54.9 Å². The van der Waals surface area contributed by atoms with Gasteiger partial charge in [-0.3, -0.25) is 0 Å². The predicted molar refractivity (Wildman–Crippen MR) is 95.6 cm³/mol. The minimum absolute atomic E-state index is 0.257. The van der Waals surface area contributed by atoms with E-state index in [1.54, 1.807) is 0 Å². The summed E-state index contributed by atoms with van der Waals surface area (Å²) in [7, 11) is 0. The molecule has 5 nitrogen and oxygen atoms in total. The number of aromatic nitrogens is 2. The summed E-state index contributed by atoms with van der Waals surface area (Å²) in [6.45, 7) is 1.98. The van der Waals surface area contributed by atoms with E-state index in [-0.39, 0.29) is 5.69 Å². The number of aryl methyl sites for hydroxylation is 1. The number of benzene rings is 2. The fourth-order valence-electron chi connectivity index (χ4n) is 2.25. The number of hydrogen-bond donors (Lipinski definition) is 3. The van der Waals surface area contributed by atoms with Gasteiger partial charge in [0.05, 0.1) is 5.56 Å². The van der Waals surface area contributed by atoms with Crippen molar-refractivity contribution in [3.63, 3.8) is 0 Å². The predicted octanol–water partition coefficient (Wildman–Crippen LogP) is 4.87. The molecule has 3 aromatic rings. The van der Waals surface area contributed by atoms with Gasteiger partial charge in [0.1, 0.15) is 12.0 Å². The van der Waals surface area contributed by atoms with Gasteiger partial charge in [-0.05, 0) is 43.3 Å². The summed E-state index contributed by atoms with van der Waals surface area (Å²) >= 11 is 0. The molecule has 134 valence electrons. The third-order valence-electron chi connectivity index (χ3n) is 3.67. The summed E-state index contributed by atoms with van der Waals surface area (Å²) < 4.78 is 37.9. The molecule has 0 radical (unpaired) electrons. The van der Waals surface area contributed by atoms with E-state index in [0.717, 1.165) is 23.4 Å². The topological polar surface area (TPSA) is 75.9 Å². The molecule has 0 spiro atoms. The lowest BCUT2D eigenvalue weighted by Gasteiger charge is -2.13. The van der Waals surface area contributed by atoms with Crippen LogP contribution in [0.4, 0.5) is 41.9 Å². The standard InChI is InChI=1S/C18H16F3N5/c1-11-2-6-13(7-3-11)25-16-15(22)17(24-10-23-16)26-14-8-4-12(5-9-14)18(19,20)21/h2-10H,22H2,1H3,(H2,23,24,25,26). The average Bonchev–Trinajstić information content (AvgIpc) is 2.60. The van der Waals surface area contributed by atoms with Crippen molar-refractivity contribution in [1.29, 1.82) is 0 Å². The number of nitrogens with one attached hydrogen (secondary N) is 2. The third-order valence-corrected chi connectivity index (χ3v) is 3.67. The smallest absolute Gasteiger partial charge is 0.393 e. The zero-order chi connectivity index (χ0) is 18.7. The molecule has 1 aromatic heterocycles. The molecular formula is C18H16F3N5. The van der Waals surface area contributed by atoms with Gasteiger partial charge >= 0.3 is 6.18 Å². The Bertz CT molecular complexity index is 890. The second-order valence-corrected chi connectivity index (χ2v) is 5.68. The van der Waals surface area contributed by atoms with E-state index >= 15 is 0 Å². The van der Waals surface area contributed by atoms with Crippen molar-refractivity contribution in [2.24, 2.45) is 0 Å². The molecule has 0 saturated carbocycles. The lowest BCUT2D eigenvalue weighted by Crippen LogP contribution is -2.06. The van der Waals surface area contributed by atoms with Crippen LogP contribution in [0.25, 0.3) is 0 Å². The van der Waals surface area contributed by atoms with Crippen LogP contribution in [0, 0.1) is 6.92 Å². The molecule has 0 fully saturated rings. The highest BCUT2D eigenvalue weighted by molar-refractivity contribution is 5.80. The maximum atomic E-state index is 12.6. The minimum Gasteiger partial charge on any atom is -0.393 e. The van der Waals surface area contributed by atoms with Crippen molar-refractivity contribution >= 4 is 28.7 Å². The van der Waals surface area contributed by atoms with Crippen molar-refractivity contribution < 1.29 is 13.2 Å². The SMILES string of the molecule is Cc1ccc(Nc2ncnc(Nc3ccc(C(F)(F)F)cc3)c2N)cc1. The Balaban J connectivity index is 1.79. The maximum absolute atomic E-state index is 12.6. The fraction of sp³-hybridized carbons (Fsp3) is 0.111. The Morgan fingerprint density at radius 1 is 0.808 bits per heavy atom. The first kappa shape index (κ1) is 17.5. The molecule has 0 amide bonds. The van der Waals surface area contributed by atoms with Crippen LogP contribution in [0.3, 0.4) is 0 Å². The summed E-state index contributed by atoms with van der Waals surface area (Å²) in [5.74, 6) is 0.702. The number of hydrogen-bond acceptors (Lipinski definition) is 5. The van der Waals surface area contributed by atoms with E-state index in [2.05, 4.69) is 20.6 Å². The van der Waals surface area contributed by atoms with Crippen LogP contribution in [0.1, 0.15) is 11.1 Å². The number of nitrogens with zero attached hydrogens (tertiary/aromatic N) is 2. The van der Waals surface area contributed by atoms with Crippen LogP contribution in [0.5, 0.6) is 0 Å². The molecule has 0 bridgehead atoms. The van der Waals surface area contributed by atoms with Gasteiger partial charge < -0.3 is 16.4 Å². The number of nitrogens with two attached hydrogens (primary N) is 1. The van der Waals surface area contributed by atoms with E-state index < -0.39 is 11.7 Å². The molecule has 4 N–H and O–H groups in total. The van der Waals surface area contributed by atoms with Crippen LogP contribution < -0.4 is 16.4 Å². The number of anilines is 5. The first-order chi connectivity index (χ1) is 12.3. The minimum atomic E-state index is -4.38. The van der Waals surface area contributed by atoms with Gasteiger partial charge in [-0.1, -0.05) is 17.7 Å². The first-order valence-electron chi connectivity index (χ1n) is 7.71. The van der Waals surface area contributed by atoms with E-state index in [4.69, 9.17) is 5.73 Å². The van der Waals surface area contributed by atoms with Gasteiger partial charge in [0.2, 0.25) is 0 Å². The van der Waals surface area contributed by atoms with Crippen molar-refractivity contribution in [2.75, 3.05) is 16.4 Å². The van der Waals surface area contributed by atoms with Gasteiger partial charge in [-0.25, -0.2) is 9.97 Å². The molecule has 1 heterocycles. The quantitative estimate of drug-likeness (QED) is 0.619. The largest absolute Gasteiger partial charge is 0.416 e. The molecule has 26 heavy (non-hydrogen) atoms. The van der Waals surface area contributed by atoms with Crippen LogP contribution >= 0.6 is 0 Å². The summed E-state index contributed by atoms with van der Waals surface area (Å²) in [5.41, 5.74) is 7.98. The molecular weight excluding hydrogens is 343 g/mol. The lowest BCUT2D eigenvalue weighted by atomic mass is 10.2. The van der Waals surface area contributed by atoms with Crippen molar-refractivity contribution in [2.45, 2.75) is 13.1 Å². The van der Waals surface area contributed by atoms with Crippen LogP contribution in [0.2, 0.25) is 0 Å². The zero-order valence-electron chi connectivity index (χ0n) is 13.8. The number of rotatable bonds is 4. The Morgan fingerprint density at radius 2 is 1.27 bits per heavy atom. The summed E-state index contributed by atoms with van der Waals surface area (Å²) in [4.78, 5) is 8.16. The Labute approximate surface area is 148 Å². The van der Waals surface area contributed by atoms with Crippen LogP contribution in [-0.2, 0) is 6.18 Å². The second-order valence-electron chi connectivity index (χ2n) is 5.68. The monoisotopic (exact) mass is 359 g/mol. The molecule has 0 aliphatic heterocycles. The average molecular weight is 359 g/mol. The maximum Gasteiger partial charge on any atom is 0.416 e. The summed E-state index contributed by atoms with van der Waals surface area (Å²) in [6, 6.07) is 12.3. The van der Waals surface area contributed by atoms with Gasteiger partial charge in [0.25, 0.3) is 0 Å². The van der Waals surface area contributed by atoms with E-state index in [1.807, 2.05) is 31.2 Å². The first-order valence-corrected chi connectivity index (χ1v) is 7.71. The van der Waals surface area contributed by atoms with Gasteiger partial charge in [0, 0.05) is 11.4 Å². The zero-order valence-corrected chi connectivity index (χ0v) is 13.8. The van der Waals surface area contributed by atoms with Crippen molar-refractivity contribution in [3.8, 4) is 0 Å². The fourth-order valence-corrected chi connectivity index (χ4v) is 2.25. The van der Waals surface area contributed by atoms with E-state index in [9.17, 15) is 13.2 Å². The lowest BCUT2D eigenvalue weighted by molar-refractivity contribution is -0.137.